The van der Waals surface area contributed by atoms with Crippen LogP contribution in [0.2, 0.25) is 0 Å². The first kappa shape index (κ1) is 25.0. The Balaban J connectivity index is 1.46. The molecular weight excluding hydrogens is 465 g/mol. The smallest absolute Gasteiger partial charge is 0.268 e. The van der Waals surface area contributed by atoms with Gasteiger partial charge >= 0.3 is 0 Å². The summed E-state index contributed by atoms with van der Waals surface area (Å²) in [5.41, 5.74) is 1.15. The molecule has 0 spiro atoms. The number of nitrogens with one attached hydrogen (secondary N) is 1. The van der Waals surface area contributed by atoms with Gasteiger partial charge in [-0.15, -0.1) is 0 Å². The van der Waals surface area contributed by atoms with Crippen LogP contribution in [0.3, 0.4) is 0 Å². The van der Waals surface area contributed by atoms with Gasteiger partial charge in [-0.25, -0.2) is 4.39 Å². The van der Waals surface area contributed by atoms with Crippen molar-refractivity contribution in [2.75, 3.05) is 0 Å². The van der Waals surface area contributed by atoms with Crippen LogP contribution in [0.25, 0.3) is 22.8 Å². The highest BCUT2D eigenvalue weighted by Gasteiger charge is 2.22. The molecule has 0 radical (unpaired) electrons. The number of hydrogen-bond donors (Lipinski definition) is 1. The predicted octanol–water partition coefficient (Wildman–Crippen LogP) is 5.72. The Bertz CT molecular complexity index is 1330. The Labute approximate surface area is 208 Å². The van der Waals surface area contributed by atoms with Crippen molar-refractivity contribution in [2.45, 2.75) is 59.1 Å². The van der Waals surface area contributed by atoms with Gasteiger partial charge in [0, 0.05) is 23.1 Å². The minimum absolute atomic E-state index is 0.0457. The molecule has 0 aliphatic rings. The lowest BCUT2D eigenvalue weighted by molar-refractivity contribution is 0.0939. The molecule has 36 heavy (non-hydrogen) atoms. The van der Waals surface area contributed by atoms with Crippen LogP contribution in [-0.4, -0.2) is 32.2 Å². The van der Waals surface area contributed by atoms with Gasteiger partial charge in [0.15, 0.2) is 6.10 Å². The number of halogens is 1. The zero-order chi connectivity index (χ0) is 25.8. The number of amides is 1. The van der Waals surface area contributed by atoms with Crippen molar-refractivity contribution in [3.05, 3.63) is 65.6 Å². The molecular formula is C26H28FN5O4. The fourth-order valence-corrected chi connectivity index (χ4v) is 3.40. The largest absolute Gasteiger partial charge is 0.481 e. The van der Waals surface area contributed by atoms with Gasteiger partial charge in [0.05, 0.1) is 5.56 Å². The molecule has 0 fully saturated rings. The van der Waals surface area contributed by atoms with Gasteiger partial charge in [-0.3, -0.25) is 4.79 Å². The number of carbonyl (C=O) groups excluding carboxylic acids is 1. The van der Waals surface area contributed by atoms with Crippen molar-refractivity contribution in [2.24, 2.45) is 0 Å². The number of carbonyl (C=O) groups is 1. The molecule has 1 N–H and O–H groups in total. The van der Waals surface area contributed by atoms with E-state index in [1.807, 2.05) is 46.8 Å². The van der Waals surface area contributed by atoms with E-state index in [1.165, 1.54) is 12.1 Å². The minimum Gasteiger partial charge on any atom is -0.481 e. The Morgan fingerprint density at radius 3 is 2.14 bits per heavy atom. The maximum atomic E-state index is 14.6. The van der Waals surface area contributed by atoms with Gasteiger partial charge in [-0.2, -0.15) is 9.97 Å². The molecule has 2 aromatic heterocycles. The van der Waals surface area contributed by atoms with Crippen LogP contribution >= 0.6 is 0 Å². The second kappa shape index (κ2) is 10.7. The minimum atomic E-state index is -0.664. The van der Waals surface area contributed by atoms with E-state index in [4.69, 9.17) is 13.8 Å². The summed E-state index contributed by atoms with van der Waals surface area (Å²) in [5, 5.41) is 10.7. The highest BCUT2D eigenvalue weighted by atomic mass is 19.1. The van der Waals surface area contributed by atoms with Crippen molar-refractivity contribution < 1.29 is 23.0 Å². The molecule has 0 bridgehead atoms. The van der Waals surface area contributed by atoms with E-state index in [-0.39, 0.29) is 29.2 Å². The van der Waals surface area contributed by atoms with Crippen LogP contribution in [0.1, 0.15) is 75.2 Å². The molecule has 188 valence electrons. The maximum Gasteiger partial charge on any atom is 0.268 e. The van der Waals surface area contributed by atoms with Crippen LogP contribution in [-0.2, 0) is 0 Å². The first-order valence-corrected chi connectivity index (χ1v) is 11.8. The van der Waals surface area contributed by atoms with Crippen molar-refractivity contribution in [1.82, 2.24) is 25.6 Å². The van der Waals surface area contributed by atoms with Crippen molar-refractivity contribution in [1.29, 1.82) is 0 Å². The molecule has 0 saturated heterocycles. The van der Waals surface area contributed by atoms with Crippen LogP contribution < -0.4 is 10.1 Å². The first-order valence-electron chi connectivity index (χ1n) is 11.8. The molecule has 9 nitrogen and oxygen atoms in total. The summed E-state index contributed by atoms with van der Waals surface area (Å²) in [4.78, 5) is 20.9. The van der Waals surface area contributed by atoms with Crippen LogP contribution in [0.4, 0.5) is 4.39 Å². The molecule has 0 aliphatic carbocycles. The molecule has 0 saturated carbocycles. The van der Waals surface area contributed by atoms with Gasteiger partial charge in [0.1, 0.15) is 11.6 Å². The predicted molar refractivity (Wildman–Crippen MR) is 130 cm³/mol. The Kier molecular flexibility index (Phi) is 7.42. The maximum absolute atomic E-state index is 14.6. The van der Waals surface area contributed by atoms with E-state index >= 15 is 0 Å². The van der Waals surface area contributed by atoms with Crippen LogP contribution in [0.5, 0.6) is 5.75 Å². The number of nitrogens with zero attached hydrogens (tertiary/aromatic N) is 4. The van der Waals surface area contributed by atoms with E-state index in [0.717, 1.165) is 5.56 Å². The monoisotopic (exact) mass is 493 g/mol. The molecule has 4 rings (SSSR count). The van der Waals surface area contributed by atoms with E-state index in [2.05, 4.69) is 25.6 Å². The lowest BCUT2D eigenvalue weighted by atomic mass is 10.1. The van der Waals surface area contributed by atoms with E-state index < -0.39 is 17.8 Å². The third-order valence-electron chi connectivity index (χ3n) is 5.31. The summed E-state index contributed by atoms with van der Waals surface area (Å²) in [6.45, 7) is 9.52. The summed E-state index contributed by atoms with van der Waals surface area (Å²) in [7, 11) is 0. The first-order chi connectivity index (χ1) is 17.2. The molecule has 1 amide bonds. The molecule has 10 heteroatoms. The van der Waals surface area contributed by atoms with Gasteiger partial charge in [-0.1, -0.05) is 37.2 Å². The number of hydrogen-bond acceptors (Lipinski definition) is 8. The quantitative estimate of drug-likeness (QED) is 0.315. The zero-order valence-corrected chi connectivity index (χ0v) is 20.8. The lowest BCUT2D eigenvalue weighted by Gasteiger charge is -2.13. The van der Waals surface area contributed by atoms with Gasteiger partial charge in [0.25, 0.3) is 11.8 Å². The highest BCUT2D eigenvalue weighted by molar-refractivity contribution is 5.95. The summed E-state index contributed by atoms with van der Waals surface area (Å²) in [5.74, 6) is 1.17. The van der Waals surface area contributed by atoms with Gasteiger partial charge in [-0.05, 0) is 56.7 Å². The van der Waals surface area contributed by atoms with Crippen LogP contribution in [0, 0.1) is 5.82 Å². The average molecular weight is 494 g/mol. The van der Waals surface area contributed by atoms with Crippen LogP contribution in [0.15, 0.2) is 51.5 Å². The average Bonchev–Trinajstić information content (AvgIpc) is 3.53. The topological polar surface area (TPSA) is 116 Å². The summed E-state index contributed by atoms with van der Waals surface area (Å²) in [6, 6.07) is 11.4. The second-order valence-corrected chi connectivity index (χ2v) is 8.93. The number of aromatic nitrogens is 4. The highest BCUT2D eigenvalue weighted by Crippen LogP contribution is 2.28. The summed E-state index contributed by atoms with van der Waals surface area (Å²) >= 11 is 0. The van der Waals surface area contributed by atoms with Gasteiger partial charge in [0.2, 0.25) is 17.5 Å². The summed E-state index contributed by atoms with van der Waals surface area (Å²) < 4.78 is 31.3. The Hall–Kier alpha value is -4.08. The third-order valence-corrected chi connectivity index (χ3v) is 5.31. The fraction of sp³-hybridized carbons (Fsp3) is 0.346. The van der Waals surface area contributed by atoms with E-state index in [0.29, 0.717) is 29.4 Å². The molecule has 0 aliphatic heterocycles. The number of ether oxygens (including phenoxy) is 1. The Morgan fingerprint density at radius 1 is 0.944 bits per heavy atom. The van der Waals surface area contributed by atoms with E-state index in [9.17, 15) is 9.18 Å². The third kappa shape index (κ3) is 5.59. The number of benzene rings is 2. The van der Waals surface area contributed by atoms with Crippen molar-refractivity contribution >= 4 is 5.91 Å². The van der Waals surface area contributed by atoms with Gasteiger partial charge < -0.3 is 19.1 Å². The van der Waals surface area contributed by atoms with Crippen molar-refractivity contribution in [3.8, 4) is 28.5 Å². The molecule has 2 aromatic carbocycles. The molecule has 1 unspecified atom stereocenters. The Morgan fingerprint density at radius 2 is 1.56 bits per heavy atom. The molecule has 1 atom stereocenters. The normalized spacial score (nSPS) is 12.2. The second-order valence-electron chi connectivity index (χ2n) is 8.93. The van der Waals surface area contributed by atoms with E-state index in [1.54, 1.807) is 18.2 Å². The molecule has 2 heterocycles. The zero-order valence-electron chi connectivity index (χ0n) is 20.8. The lowest BCUT2D eigenvalue weighted by Crippen LogP contribution is -2.30. The SMILES string of the molecule is CCC(Oc1ccc(-c2noc(C(C)C)n2)cc1)c1nc(-c2ccc(C(=O)NC(C)C)c(F)c2)no1. The number of rotatable bonds is 9. The molecule has 4 aromatic rings. The fourth-order valence-electron chi connectivity index (χ4n) is 3.40. The van der Waals surface area contributed by atoms with Crippen molar-refractivity contribution in [3.63, 3.8) is 0 Å². The standard InChI is InChI=1S/C26H28FN5O4/c1-6-21(34-18-10-7-16(8-11-18)22-29-25(14(2)3)35-31-22)26-30-23(32-36-26)17-9-12-19(20(27)13-17)24(33)28-15(4)5/h7-15,21H,6H2,1-5H3,(H,28,33). The summed E-state index contributed by atoms with van der Waals surface area (Å²) in [6.07, 6.45) is 0.0602.